The molecule has 5 nitrogen and oxygen atoms in total. The van der Waals surface area contributed by atoms with Gasteiger partial charge in [0, 0.05) is 63.1 Å². The Bertz CT molecular complexity index is 815. The van der Waals surface area contributed by atoms with Crippen LogP contribution in [0.1, 0.15) is 69.5 Å². The Kier molecular flexibility index (Phi) is 6.28. The first-order valence-electron chi connectivity index (χ1n) is 11.4. The van der Waals surface area contributed by atoms with E-state index >= 15 is 0 Å². The molecule has 30 heavy (non-hydrogen) atoms. The molecule has 1 aromatic heterocycles. The second-order valence-electron chi connectivity index (χ2n) is 9.49. The largest absolute Gasteiger partial charge is 0.354 e. The first-order chi connectivity index (χ1) is 14.4. The maximum absolute atomic E-state index is 13.5. The predicted octanol–water partition coefficient (Wildman–Crippen LogP) is 3.55. The van der Waals surface area contributed by atoms with Gasteiger partial charge in [0.1, 0.15) is 0 Å². The lowest BCUT2D eigenvalue weighted by atomic mass is 9.77. The Morgan fingerprint density at radius 2 is 2.00 bits per heavy atom. The molecular formula is C23H33F2N3O2. The highest BCUT2D eigenvalue weighted by Gasteiger charge is 2.42. The van der Waals surface area contributed by atoms with Crippen LogP contribution in [-0.4, -0.2) is 47.5 Å². The highest BCUT2D eigenvalue weighted by Crippen LogP contribution is 2.42. The molecule has 3 aliphatic rings. The molecule has 0 radical (unpaired) electrons. The summed E-state index contributed by atoms with van der Waals surface area (Å²) in [5.41, 5.74) is 1.05. The molecule has 1 N–H and O–H groups in total. The van der Waals surface area contributed by atoms with Crippen molar-refractivity contribution in [2.45, 2.75) is 69.8 Å². The van der Waals surface area contributed by atoms with Gasteiger partial charge in [-0.3, -0.25) is 9.59 Å². The maximum atomic E-state index is 13.5. The van der Waals surface area contributed by atoms with E-state index in [1.165, 1.54) is 0 Å². The number of aromatic nitrogens is 1. The summed E-state index contributed by atoms with van der Waals surface area (Å²) >= 11 is 0. The molecule has 2 aliphatic heterocycles. The van der Waals surface area contributed by atoms with E-state index in [-0.39, 0.29) is 42.2 Å². The van der Waals surface area contributed by atoms with Gasteiger partial charge in [-0.1, -0.05) is 13.0 Å². The van der Waals surface area contributed by atoms with Crippen molar-refractivity contribution in [2.24, 2.45) is 11.8 Å². The van der Waals surface area contributed by atoms with E-state index in [1.807, 2.05) is 23.6 Å². The minimum Gasteiger partial charge on any atom is -0.354 e. The molecule has 0 unspecified atom stereocenters. The number of fused-ring (bicyclic) bond motifs is 4. The number of likely N-dealkylation sites (tertiary alicyclic amines) is 1. The second-order valence-corrected chi connectivity index (χ2v) is 9.49. The van der Waals surface area contributed by atoms with E-state index in [4.69, 9.17) is 0 Å². The Labute approximate surface area is 176 Å². The minimum atomic E-state index is -2.49. The van der Waals surface area contributed by atoms with Gasteiger partial charge in [-0.05, 0) is 43.6 Å². The molecular weight excluding hydrogens is 388 g/mol. The molecule has 2 bridgehead atoms. The molecule has 0 spiro atoms. The van der Waals surface area contributed by atoms with Crippen molar-refractivity contribution in [3.8, 4) is 0 Å². The second kappa shape index (κ2) is 8.77. The standard InChI is InChI=1S/C23H33F2N3O2/c1-2-4-21(29)26-12-20-18-11-17(19-5-3-6-22(30)28(19)20)14-27(15-18)13-16-7-9-23(24,25)10-8-16/h3,5-6,16-18,20H,2,4,7-15H2,1H3,(H,26,29)/t17-,18+,20+/m1/s1. The highest BCUT2D eigenvalue weighted by atomic mass is 19.3. The molecule has 1 aromatic rings. The molecule has 1 saturated heterocycles. The van der Waals surface area contributed by atoms with Crippen LogP contribution < -0.4 is 10.9 Å². The van der Waals surface area contributed by atoms with Crippen LogP contribution in [0.25, 0.3) is 0 Å². The van der Waals surface area contributed by atoms with Crippen molar-refractivity contribution in [2.75, 3.05) is 26.2 Å². The van der Waals surface area contributed by atoms with E-state index in [1.54, 1.807) is 6.07 Å². The van der Waals surface area contributed by atoms with Crippen molar-refractivity contribution < 1.29 is 13.6 Å². The summed E-state index contributed by atoms with van der Waals surface area (Å²) in [6.45, 7) is 5.04. The van der Waals surface area contributed by atoms with E-state index in [0.29, 0.717) is 31.7 Å². The van der Waals surface area contributed by atoms with E-state index in [2.05, 4.69) is 10.2 Å². The lowest BCUT2D eigenvalue weighted by Gasteiger charge is -2.48. The van der Waals surface area contributed by atoms with Crippen molar-refractivity contribution in [1.29, 1.82) is 0 Å². The number of nitrogens with zero attached hydrogens (tertiary/aromatic N) is 2. The molecule has 1 aliphatic carbocycles. The SMILES string of the molecule is CCCC(=O)NC[C@H]1[C@H]2C[C@H](CN(CC3CCC(F)(F)CC3)C2)c2cccc(=O)n21. The predicted molar refractivity (Wildman–Crippen MR) is 112 cm³/mol. The Balaban J connectivity index is 1.49. The monoisotopic (exact) mass is 421 g/mol. The Hall–Kier alpha value is -1.76. The number of amides is 1. The van der Waals surface area contributed by atoms with Crippen LogP contribution in [0.2, 0.25) is 0 Å². The number of alkyl halides is 2. The summed E-state index contributed by atoms with van der Waals surface area (Å²) in [4.78, 5) is 27.2. The molecule has 166 valence electrons. The molecule has 2 fully saturated rings. The van der Waals surface area contributed by atoms with Gasteiger partial charge in [0.05, 0.1) is 6.04 Å². The van der Waals surface area contributed by atoms with Crippen molar-refractivity contribution in [3.05, 3.63) is 34.2 Å². The topological polar surface area (TPSA) is 54.3 Å². The third kappa shape index (κ3) is 4.61. The average molecular weight is 422 g/mol. The fraction of sp³-hybridized carbons (Fsp3) is 0.739. The highest BCUT2D eigenvalue weighted by molar-refractivity contribution is 5.75. The van der Waals surface area contributed by atoms with Gasteiger partial charge >= 0.3 is 0 Å². The summed E-state index contributed by atoms with van der Waals surface area (Å²) < 4.78 is 29.0. The summed E-state index contributed by atoms with van der Waals surface area (Å²) in [7, 11) is 0. The number of halogens is 2. The first kappa shape index (κ1) is 21.5. The van der Waals surface area contributed by atoms with Gasteiger partial charge in [-0.25, -0.2) is 8.78 Å². The number of pyridine rings is 1. The number of piperidine rings is 1. The van der Waals surface area contributed by atoms with Gasteiger partial charge < -0.3 is 14.8 Å². The minimum absolute atomic E-state index is 0.0000903. The summed E-state index contributed by atoms with van der Waals surface area (Å²) in [5.74, 6) is -1.57. The smallest absolute Gasteiger partial charge is 0.251 e. The van der Waals surface area contributed by atoms with Crippen molar-refractivity contribution >= 4 is 5.91 Å². The van der Waals surface area contributed by atoms with Gasteiger partial charge in [-0.15, -0.1) is 0 Å². The lowest BCUT2D eigenvalue weighted by molar-refractivity contribution is -0.121. The van der Waals surface area contributed by atoms with Gasteiger partial charge in [0.25, 0.3) is 5.56 Å². The zero-order valence-corrected chi connectivity index (χ0v) is 17.8. The quantitative estimate of drug-likeness (QED) is 0.764. The number of nitrogens with one attached hydrogen (secondary N) is 1. The average Bonchev–Trinajstić information content (AvgIpc) is 2.70. The van der Waals surface area contributed by atoms with E-state index < -0.39 is 5.92 Å². The zero-order valence-electron chi connectivity index (χ0n) is 17.8. The maximum Gasteiger partial charge on any atom is 0.251 e. The van der Waals surface area contributed by atoms with Crippen LogP contribution in [0.4, 0.5) is 8.78 Å². The van der Waals surface area contributed by atoms with E-state index in [0.717, 1.165) is 38.2 Å². The molecule has 3 atom stereocenters. The fourth-order valence-electron chi connectivity index (χ4n) is 5.73. The number of hydrogen-bond donors (Lipinski definition) is 1. The van der Waals surface area contributed by atoms with Gasteiger partial charge in [0.2, 0.25) is 11.8 Å². The van der Waals surface area contributed by atoms with Crippen LogP contribution >= 0.6 is 0 Å². The number of rotatable bonds is 6. The first-order valence-corrected chi connectivity index (χ1v) is 11.4. The fourth-order valence-corrected chi connectivity index (χ4v) is 5.73. The molecule has 0 aromatic carbocycles. The van der Waals surface area contributed by atoms with Crippen molar-refractivity contribution in [1.82, 2.24) is 14.8 Å². The number of carbonyl (C=O) groups is 1. The third-order valence-corrected chi connectivity index (χ3v) is 7.21. The third-order valence-electron chi connectivity index (χ3n) is 7.21. The Morgan fingerprint density at radius 1 is 1.23 bits per heavy atom. The van der Waals surface area contributed by atoms with Gasteiger partial charge in [0.15, 0.2) is 0 Å². The molecule has 3 heterocycles. The molecule has 1 amide bonds. The summed E-state index contributed by atoms with van der Waals surface area (Å²) in [5, 5.41) is 3.03. The van der Waals surface area contributed by atoms with Gasteiger partial charge in [-0.2, -0.15) is 0 Å². The van der Waals surface area contributed by atoms with E-state index in [9.17, 15) is 18.4 Å². The normalized spacial score (nSPS) is 28.7. The van der Waals surface area contributed by atoms with Crippen molar-refractivity contribution in [3.63, 3.8) is 0 Å². The van der Waals surface area contributed by atoms with Crippen LogP contribution in [0.15, 0.2) is 23.0 Å². The zero-order chi connectivity index (χ0) is 21.3. The Morgan fingerprint density at radius 3 is 2.73 bits per heavy atom. The number of hydrogen-bond acceptors (Lipinski definition) is 3. The molecule has 4 rings (SSSR count). The molecule has 1 saturated carbocycles. The molecule has 7 heteroatoms. The number of carbonyl (C=O) groups excluding carboxylic acids is 1. The van der Waals surface area contributed by atoms with Crippen LogP contribution in [0, 0.1) is 11.8 Å². The summed E-state index contributed by atoms with van der Waals surface area (Å²) in [6, 6.07) is 5.41. The van der Waals surface area contributed by atoms with Crippen LogP contribution in [-0.2, 0) is 4.79 Å². The summed E-state index contributed by atoms with van der Waals surface area (Å²) in [6.07, 6.45) is 3.49. The van der Waals surface area contributed by atoms with Crippen LogP contribution in [0.3, 0.4) is 0 Å². The lowest BCUT2D eigenvalue weighted by Crippen LogP contribution is -2.52. The van der Waals surface area contributed by atoms with Crippen LogP contribution in [0.5, 0.6) is 0 Å².